The number of rotatable bonds is 4. The number of amidine groups is 1. The summed E-state index contributed by atoms with van der Waals surface area (Å²) in [6.45, 7) is 7.71. The van der Waals surface area contributed by atoms with Gasteiger partial charge in [-0.1, -0.05) is 19.8 Å². The highest BCUT2D eigenvalue weighted by molar-refractivity contribution is 5.82. The minimum absolute atomic E-state index is 0.439. The molecule has 25 heavy (non-hydrogen) atoms. The molecule has 4 fully saturated rings. The largest absolute Gasteiger partial charge is 0.351 e. The maximum absolute atomic E-state index is 8.00. The topological polar surface area (TPSA) is 53.5 Å². The Morgan fingerprint density at radius 2 is 2.04 bits per heavy atom. The van der Waals surface area contributed by atoms with E-state index in [0.717, 1.165) is 42.1 Å². The van der Waals surface area contributed by atoms with Crippen LogP contribution in [0.15, 0.2) is 16.8 Å². The van der Waals surface area contributed by atoms with Crippen molar-refractivity contribution in [2.45, 2.75) is 70.9 Å². The van der Waals surface area contributed by atoms with E-state index in [1.165, 1.54) is 50.5 Å². The number of carbonyl (C=O) groups excluding carboxylic acids is 1. The fraction of sp³-hybridized carbons (Fsp3) is 0.810. The van der Waals surface area contributed by atoms with Crippen molar-refractivity contribution in [3.05, 3.63) is 11.8 Å². The zero-order valence-electron chi connectivity index (χ0n) is 15.8. The SMILES string of the molecule is C=O.CC1=NC(C2CCCC2)C(CNC2C3CC4CC2C4(C)C3)=CN1. The van der Waals surface area contributed by atoms with Crippen molar-refractivity contribution in [1.29, 1.82) is 0 Å². The molecule has 4 aliphatic carbocycles. The Morgan fingerprint density at radius 3 is 2.68 bits per heavy atom. The van der Waals surface area contributed by atoms with Gasteiger partial charge in [0.05, 0.1) is 11.9 Å². The van der Waals surface area contributed by atoms with Crippen LogP contribution in [0.25, 0.3) is 0 Å². The van der Waals surface area contributed by atoms with E-state index in [-0.39, 0.29) is 0 Å². The van der Waals surface area contributed by atoms with Crippen molar-refractivity contribution in [1.82, 2.24) is 10.6 Å². The van der Waals surface area contributed by atoms with Crippen LogP contribution in [0.4, 0.5) is 0 Å². The predicted molar refractivity (Wildman–Crippen MR) is 101 cm³/mol. The molecule has 0 aromatic rings. The van der Waals surface area contributed by atoms with Crippen LogP contribution in [0.3, 0.4) is 0 Å². The summed E-state index contributed by atoms with van der Waals surface area (Å²) in [6, 6.07) is 1.22. The average Bonchev–Trinajstić information content (AvgIpc) is 3.29. The summed E-state index contributed by atoms with van der Waals surface area (Å²) in [7, 11) is 0. The molecule has 0 amide bonds. The molecule has 0 aromatic heterocycles. The monoisotopic (exact) mass is 343 g/mol. The third kappa shape index (κ3) is 2.68. The van der Waals surface area contributed by atoms with E-state index in [9.17, 15) is 0 Å². The molecule has 138 valence electrons. The van der Waals surface area contributed by atoms with Crippen LogP contribution in [0, 0.1) is 29.1 Å². The molecule has 5 rings (SSSR count). The Labute approximate surface area is 151 Å². The smallest absolute Gasteiger partial charge is 0.106 e. The second kappa shape index (κ2) is 6.53. The van der Waals surface area contributed by atoms with Crippen LogP contribution in [-0.4, -0.2) is 31.3 Å². The Kier molecular flexibility index (Phi) is 4.51. The molecule has 5 aliphatic rings. The zero-order chi connectivity index (χ0) is 17.6. The summed E-state index contributed by atoms with van der Waals surface area (Å²) in [5, 5.41) is 7.36. The zero-order valence-corrected chi connectivity index (χ0v) is 15.8. The highest BCUT2D eigenvalue weighted by atomic mass is 16.1. The third-order valence-electron chi connectivity index (χ3n) is 8.12. The van der Waals surface area contributed by atoms with Crippen LogP contribution in [-0.2, 0) is 4.79 Å². The van der Waals surface area contributed by atoms with Gasteiger partial charge in [0.15, 0.2) is 0 Å². The standard InChI is InChI=1S/C20H31N3.CH2O/c1-12-21-10-15(18(23-12)13-5-3-4-6-13)11-22-19-14-7-16-8-17(19)20(16,2)9-14;1-2/h10,13-14,16-19,22H,3-9,11H2,1-2H3,(H,21,23);1H2. The Morgan fingerprint density at radius 1 is 1.28 bits per heavy atom. The normalized spacial score (nSPS) is 44.3. The maximum Gasteiger partial charge on any atom is 0.106 e. The van der Waals surface area contributed by atoms with Crippen molar-refractivity contribution in [2.75, 3.05) is 6.54 Å². The summed E-state index contributed by atoms with van der Waals surface area (Å²) < 4.78 is 0. The molecule has 4 saturated carbocycles. The second-order valence-electron chi connectivity index (χ2n) is 9.22. The molecule has 0 spiro atoms. The van der Waals surface area contributed by atoms with Gasteiger partial charge in [0.1, 0.15) is 6.79 Å². The van der Waals surface area contributed by atoms with Crippen LogP contribution in [0.1, 0.15) is 58.8 Å². The second-order valence-corrected chi connectivity index (χ2v) is 9.22. The number of hydrogen-bond acceptors (Lipinski definition) is 4. The van der Waals surface area contributed by atoms with Gasteiger partial charge in [-0.3, -0.25) is 4.99 Å². The van der Waals surface area contributed by atoms with Crippen LogP contribution >= 0.6 is 0 Å². The average molecular weight is 344 g/mol. The number of nitrogens with one attached hydrogen (secondary N) is 2. The molecule has 4 heteroatoms. The Bertz CT molecular complexity index is 580. The lowest BCUT2D eigenvalue weighted by molar-refractivity contribution is -0.0979. The minimum Gasteiger partial charge on any atom is -0.351 e. The Balaban J connectivity index is 0.000000758. The molecular weight excluding hydrogens is 310 g/mol. The quantitative estimate of drug-likeness (QED) is 0.823. The first-order chi connectivity index (χ1) is 12.1. The molecular formula is C21H33N3O. The van der Waals surface area contributed by atoms with Gasteiger partial charge in [-0.2, -0.15) is 0 Å². The van der Waals surface area contributed by atoms with Crippen molar-refractivity contribution >= 4 is 12.6 Å². The fourth-order valence-corrected chi connectivity index (χ4v) is 6.84. The van der Waals surface area contributed by atoms with E-state index in [0.29, 0.717) is 11.5 Å². The summed E-state index contributed by atoms with van der Waals surface area (Å²) >= 11 is 0. The van der Waals surface area contributed by atoms with E-state index in [1.807, 2.05) is 6.79 Å². The van der Waals surface area contributed by atoms with Crippen LogP contribution in [0.2, 0.25) is 0 Å². The molecule has 6 unspecified atom stereocenters. The number of hydrogen-bond donors (Lipinski definition) is 2. The summed E-state index contributed by atoms with van der Waals surface area (Å²) in [6.07, 6.45) is 12.3. The van der Waals surface area contributed by atoms with Gasteiger partial charge in [-0.15, -0.1) is 0 Å². The van der Waals surface area contributed by atoms with Crippen molar-refractivity contribution in [3.8, 4) is 0 Å². The van der Waals surface area contributed by atoms with Gasteiger partial charge in [0.2, 0.25) is 0 Å². The first-order valence-corrected chi connectivity index (χ1v) is 10.2. The molecule has 0 saturated heterocycles. The molecule has 4 nitrogen and oxygen atoms in total. The molecule has 0 radical (unpaired) electrons. The minimum atomic E-state index is 0.439. The molecule has 2 bridgehead atoms. The molecule has 1 aliphatic heterocycles. The number of nitrogens with zero attached hydrogens (tertiary/aromatic N) is 1. The highest BCUT2D eigenvalue weighted by Gasteiger charge is 2.66. The van der Waals surface area contributed by atoms with Crippen molar-refractivity contribution in [2.24, 2.45) is 34.1 Å². The van der Waals surface area contributed by atoms with E-state index in [4.69, 9.17) is 9.79 Å². The molecule has 6 atom stereocenters. The highest BCUT2D eigenvalue weighted by Crippen LogP contribution is 2.71. The van der Waals surface area contributed by atoms with E-state index < -0.39 is 0 Å². The van der Waals surface area contributed by atoms with Crippen LogP contribution in [0.5, 0.6) is 0 Å². The summed E-state index contributed by atoms with van der Waals surface area (Å²) in [4.78, 5) is 13.0. The fourth-order valence-electron chi connectivity index (χ4n) is 6.84. The molecule has 1 heterocycles. The van der Waals surface area contributed by atoms with E-state index in [2.05, 4.69) is 30.7 Å². The van der Waals surface area contributed by atoms with Crippen molar-refractivity contribution < 1.29 is 4.79 Å². The van der Waals surface area contributed by atoms with E-state index in [1.54, 1.807) is 0 Å². The number of aliphatic imine (C=N–C) groups is 1. The Hall–Kier alpha value is -1.16. The number of carbonyl (C=O) groups is 1. The van der Waals surface area contributed by atoms with Gasteiger partial charge >= 0.3 is 0 Å². The predicted octanol–water partition coefficient (Wildman–Crippen LogP) is 3.29. The van der Waals surface area contributed by atoms with E-state index >= 15 is 0 Å². The third-order valence-corrected chi connectivity index (χ3v) is 8.12. The van der Waals surface area contributed by atoms with Gasteiger partial charge in [0, 0.05) is 18.8 Å². The lowest BCUT2D eigenvalue weighted by Gasteiger charge is -2.54. The molecule has 2 N–H and O–H groups in total. The van der Waals surface area contributed by atoms with Gasteiger partial charge in [-0.05, 0) is 73.7 Å². The first kappa shape index (κ1) is 17.3. The van der Waals surface area contributed by atoms with Gasteiger partial charge < -0.3 is 15.4 Å². The maximum atomic E-state index is 8.00. The van der Waals surface area contributed by atoms with Gasteiger partial charge in [-0.25, -0.2) is 0 Å². The van der Waals surface area contributed by atoms with Crippen molar-refractivity contribution in [3.63, 3.8) is 0 Å². The molecule has 0 aromatic carbocycles. The number of fused-ring (bicyclic) bond motifs is 1. The lowest BCUT2D eigenvalue weighted by atomic mass is 9.53. The van der Waals surface area contributed by atoms with Crippen LogP contribution < -0.4 is 10.6 Å². The lowest BCUT2D eigenvalue weighted by Crippen LogP contribution is -2.55. The first-order valence-electron chi connectivity index (χ1n) is 10.2. The summed E-state index contributed by atoms with van der Waals surface area (Å²) in [5.74, 6) is 4.85. The summed E-state index contributed by atoms with van der Waals surface area (Å²) in [5.41, 5.74) is 2.20. The van der Waals surface area contributed by atoms with Gasteiger partial charge in [0.25, 0.3) is 0 Å².